The summed E-state index contributed by atoms with van der Waals surface area (Å²) in [5.41, 5.74) is 0.937. The van der Waals surface area contributed by atoms with E-state index in [1.54, 1.807) is 0 Å². The first-order valence-electron chi connectivity index (χ1n) is 12.5. The van der Waals surface area contributed by atoms with E-state index in [2.05, 4.69) is 46.8 Å². The van der Waals surface area contributed by atoms with Crippen molar-refractivity contribution in [1.29, 1.82) is 0 Å². The lowest BCUT2D eigenvalue weighted by molar-refractivity contribution is -0.128. The van der Waals surface area contributed by atoms with Gasteiger partial charge in [-0.1, -0.05) is 66.0 Å². The van der Waals surface area contributed by atoms with Gasteiger partial charge >= 0.3 is 0 Å². The fourth-order valence-corrected chi connectivity index (χ4v) is 8.44. The molecule has 4 aliphatic rings. The number of ketones is 1. The Labute approximate surface area is 174 Å². The van der Waals surface area contributed by atoms with Crippen LogP contribution in [0.2, 0.25) is 0 Å². The zero-order valence-corrected chi connectivity index (χ0v) is 19.2. The molecule has 0 aromatic carbocycles. The van der Waals surface area contributed by atoms with Crippen LogP contribution in [-0.2, 0) is 4.79 Å². The molecular weight excluding hydrogens is 340 g/mol. The molecule has 1 heteroatoms. The van der Waals surface area contributed by atoms with E-state index in [9.17, 15) is 4.79 Å². The molecule has 28 heavy (non-hydrogen) atoms. The number of hydrogen-bond acceptors (Lipinski definition) is 1. The zero-order valence-electron chi connectivity index (χ0n) is 19.2. The molecule has 8 atom stereocenters. The molecule has 3 saturated carbocycles. The second kappa shape index (κ2) is 7.59. The number of hydrogen-bond donors (Lipinski definition) is 0. The molecule has 0 spiro atoms. The summed E-state index contributed by atoms with van der Waals surface area (Å²) in [7, 11) is 0. The van der Waals surface area contributed by atoms with Crippen molar-refractivity contribution in [3.05, 3.63) is 12.2 Å². The summed E-state index contributed by atoms with van der Waals surface area (Å²) in [5, 5.41) is 0. The van der Waals surface area contributed by atoms with Crippen molar-refractivity contribution in [3.8, 4) is 0 Å². The average molecular weight is 385 g/mol. The lowest BCUT2D eigenvalue weighted by Gasteiger charge is -2.58. The Hall–Kier alpha value is -0.590. The largest absolute Gasteiger partial charge is 0.300 e. The van der Waals surface area contributed by atoms with Crippen LogP contribution in [0.4, 0.5) is 0 Å². The van der Waals surface area contributed by atoms with Gasteiger partial charge < -0.3 is 0 Å². The van der Waals surface area contributed by atoms with Gasteiger partial charge in [-0.15, -0.1) is 0 Å². The van der Waals surface area contributed by atoms with Crippen molar-refractivity contribution < 1.29 is 4.79 Å². The second-order valence-corrected chi connectivity index (χ2v) is 12.1. The lowest BCUT2D eigenvalue weighted by atomic mass is 9.46. The third-order valence-electron chi connectivity index (χ3n) is 10.2. The van der Waals surface area contributed by atoms with Gasteiger partial charge in [0.15, 0.2) is 0 Å². The van der Waals surface area contributed by atoms with Crippen molar-refractivity contribution in [2.24, 2.45) is 52.3 Å². The lowest BCUT2D eigenvalue weighted by Crippen LogP contribution is -2.52. The monoisotopic (exact) mass is 384 g/mol. The van der Waals surface area contributed by atoms with Gasteiger partial charge in [0.2, 0.25) is 0 Å². The number of rotatable bonds is 5. The maximum absolute atomic E-state index is 12.1. The maximum Gasteiger partial charge on any atom is 0.133 e. The Morgan fingerprint density at radius 2 is 1.71 bits per heavy atom. The van der Waals surface area contributed by atoms with Crippen molar-refractivity contribution in [3.63, 3.8) is 0 Å². The molecule has 0 aliphatic heterocycles. The van der Waals surface area contributed by atoms with Crippen LogP contribution in [0.3, 0.4) is 0 Å². The van der Waals surface area contributed by atoms with E-state index >= 15 is 0 Å². The van der Waals surface area contributed by atoms with Gasteiger partial charge in [-0.05, 0) is 84.4 Å². The predicted molar refractivity (Wildman–Crippen MR) is 118 cm³/mol. The SMILES string of the molecule is CC(C)CCC[C@@H](C)[C@@H]1CC[C@@H]2[C@@H]3C=C[C@H]4CC(=O)CC[C@]4(C)[C@@H]3CC[C@@]21C. The molecule has 1 nitrogen and oxygen atoms in total. The predicted octanol–water partition coefficient (Wildman–Crippen LogP) is 7.45. The Morgan fingerprint density at radius 3 is 2.46 bits per heavy atom. The van der Waals surface area contributed by atoms with Gasteiger partial charge in [-0.3, -0.25) is 4.79 Å². The van der Waals surface area contributed by atoms with Crippen molar-refractivity contribution in [2.75, 3.05) is 0 Å². The molecule has 4 aliphatic carbocycles. The Morgan fingerprint density at radius 1 is 0.964 bits per heavy atom. The molecule has 0 saturated heterocycles. The van der Waals surface area contributed by atoms with Crippen LogP contribution < -0.4 is 0 Å². The van der Waals surface area contributed by atoms with Crippen LogP contribution in [0.15, 0.2) is 12.2 Å². The number of fused-ring (bicyclic) bond motifs is 5. The van der Waals surface area contributed by atoms with Crippen LogP contribution in [0.25, 0.3) is 0 Å². The summed E-state index contributed by atoms with van der Waals surface area (Å²) in [6, 6.07) is 0. The minimum absolute atomic E-state index is 0.385. The second-order valence-electron chi connectivity index (χ2n) is 12.1. The van der Waals surface area contributed by atoms with Gasteiger partial charge in [0.05, 0.1) is 0 Å². The molecule has 158 valence electrons. The molecule has 3 fully saturated rings. The van der Waals surface area contributed by atoms with Crippen molar-refractivity contribution in [1.82, 2.24) is 0 Å². The summed E-state index contributed by atoms with van der Waals surface area (Å²) in [4.78, 5) is 12.1. The highest BCUT2D eigenvalue weighted by Gasteiger charge is 2.59. The molecule has 0 aromatic heterocycles. The van der Waals surface area contributed by atoms with E-state index in [0.29, 0.717) is 22.5 Å². The quantitative estimate of drug-likeness (QED) is 0.450. The number of carbonyl (C=O) groups is 1. The average Bonchev–Trinajstić information content (AvgIpc) is 2.99. The third kappa shape index (κ3) is 3.33. The van der Waals surface area contributed by atoms with Gasteiger partial charge in [0.1, 0.15) is 5.78 Å². The summed E-state index contributed by atoms with van der Waals surface area (Å²) < 4.78 is 0. The first-order chi connectivity index (χ1) is 13.3. The van der Waals surface area contributed by atoms with Crippen molar-refractivity contribution >= 4 is 5.78 Å². The van der Waals surface area contributed by atoms with E-state index in [1.165, 1.54) is 44.9 Å². The van der Waals surface area contributed by atoms with Crippen LogP contribution in [0, 0.1) is 52.3 Å². The smallest absolute Gasteiger partial charge is 0.133 e. The van der Waals surface area contributed by atoms with Gasteiger partial charge in [0.25, 0.3) is 0 Å². The summed E-state index contributed by atoms with van der Waals surface area (Å²) in [5.74, 6) is 6.16. The van der Waals surface area contributed by atoms with Gasteiger partial charge in [-0.25, -0.2) is 0 Å². The highest BCUT2D eigenvalue weighted by atomic mass is 16.1. The van der Waals surface area contributed by atoms with E-state index in [0.717, 1.165) is 54.8 Å². The molecule has 0 unspecified atom stereocenters. The maximum atomic E-state index is 12.1. The number of Topliss-reactive ketones (excluding diaryl/α,β-unsaturated/α-hetero) is 1. The topological polar surface area (TPSA) is 17.1 Å². The van der Waals surface area contributed by atoms with Gasteiger partial charge in [-0.2, -0.15) is 0 Å². The van der Waals surface area contributed by atoms with Gasteiger partial charge in [0, 0.05) is 12.8 Å². The van der Waals surface area contributed by atoms with Crippen LogP contribution in [0.1, 0.15) is 98.8 Å². The third-order valence-corrected chi connectivity index (χ3v) is 10.2. The first kappa shape index (κ1) is 20.7. The molecule has 0 bridgehead atoms. The summed E-state index contributed by atoms with van der Waals surface area (Å²) >= 11 is 0. The van der Waals surface area contributed by atoms with Crippen molar-refractivity contribution in [2.45, 2.75) is 98.8 Å². The highest BCUT2D eigenvalue weighted by molar-refractivity contribution is 5.80. The molecule has 4 rings (SSSR count). The van der Waals surface area contributed by atoms with Crippen LogP contribution in [-0.4, -0.2) is 5.78 Å². The van der Waals surface area contributed by atoms with E-state index in [-0.39, 0.29) is 0 Å². The number of carbonyl (C=O) groups excluding carboxylic acids is 1. The first-order valence-corrected chi connectivity index (χ1v) is 12.5. The fourth-order valence-electron chi connectivity index (χ4n) is 8.44. The molecular formula is C27H44O. The molecule has 0 amide bonds. The van der Waals surface area contributed by atoms with Crippen LogP contribution in [0.5, 0.6) is 0 Å². The van der Waals surface area contributed by atoms with E-state index in [1.807, 2.05) is 0 Å². The Bertz CT molecular complexity index is 618. The fraction of sp³-hybridized carbons (Fsp3) is 0.889. The Kier molecular flexibility index (Phi) is 5.60. The summed E-state index contributed by atoms with van der Waals surface area (Å²) in [6.45, 7) is 12.5. The minimum atomic E-state index is 0.385. The molecule has 0 radical (unpaired) electrons. The summed E-state index contributed by atoms with van der Waals surface area (Å²) in [6.07, 6.45) is 17.8. The molecule has 0 N–H and O–H groups in total. The normalized spacial score (nSPS) is 46.2. The van der Waals surface area contributed by atoms with E-state index in [4.69, 9.17) is 0 Å². The minimum Gasteiger partial charge on any atom is -0.300 e. The molecule has 0 aromatic rings. The van der Waals surface area contributed by atoms with E-state index < -0.39 is 0 Å². The standard InChI is InChI=1S/C27H44O/c1-18(2)7-6-8-19(3)23-11-12-24-22-10-9-20-17-21(28)13-15-26(20,4)25(22)14-16-27(23,24)5/h9-10,18-20,22-25H,6-8,11-17H2,1-5H3/t19-,20+,22+,23+,24-,25-,26+,27-/m1/s1. The number of allylic oxidation sites excluding steroid dienone is 2. The zero-order chi connectivity index (χ0) is 20.1. The molecule has 0 heterocycles. The van der Waals surface area contributed by atoms with Crippen LogP contribution >= 0.6 is 0 Å². The highest BCUT2D eigenvalue weighted by Crippen LogP contribution is 2.66. The Balaban J connectivity index is 1.50.